The van der Waals surface area contributed by atoms with E-state index in [9.17, 15) is 19.2 Å². The zero-order valence-corrected chi connectivity index (χ0v) is 14.6. The largest absolute Gasteiger partial charge is 0.463 e. The van der Waals surface area contributed by atoms with Gasteiger partial charge in [0.25, 0.3) is 0 Å². The molecule has 0 N–H and O–H groups in total. The number of nitrogens with zero attached hydrogens (tertiary/aromatic N) is 3. The SMILES string of the molecule is CC(=O)OC[C@H]1OC(OC(C)=O)[C@H](OC(C)=O)[C@@H](N=[N+]=[N-])[C@H]1OC(C)=O. The van der Waals surface area contributed by atoms with Crippen molar-refractivity contribution in [1.29, 1.82) is 0 Å². The minimum atomic E-state index is -1.46. The van der Waals surface area contributed by atoms with Crippen LogP contribution < -0.4 is 0 Å². The maximum atomic E-state index is 11.4. The summed E-state index contributed by atoms with van der Waals surface area (Å²) in [5, 5.41) is 3.50. The number of hydrogen-bond acceptors (Lipinski definition) is 10. The summed E-state index contributed by atoms with van der Waals surface area (Å²) in [7, 11) is 0. The van der Waals surface area contributed by atoms with Crippen molar-refractivity contribution in [2.75, 3.05) is 6.61 Å². The molecular formula is C14H19N3O9. The summed E-state index contributed by atoms with van der Waals surface area (Å²) in [5.41, 5.74) is 8.84. The van der Waals surface area contributed by atoms with Crippen LogP contribution >= 0.6 is 0 Å². The average molecular weight is 373 g/mol. The monoisotopic (exact) mass is 373 g/mol. The van der Waals surface area contributed by atoms with E-state index < -0.39 is 54.5 Å². The number of carbonyl (C=O) groups is 4. The summed E-state index contributed by atoms with van der Waals surface area (Å²) in [4.78, 5) is 47.9. The van der Waals surface area contributed by atoms with Gasteiger partial charge < -0.3 is 23.7 Å². The van der Waals surface area contributed by atoms with Crippen molar-refractivity contribution in [3.05, 3.63) is 10.4 Å². The highest BCUT2D eigenvalue weighted by Crippen LogP contribution is 2.29. The van der Waals surface area contributed by atoms with Gasteiger partial charge in [-0.05, 0) is 5.53 Å². The fourth-order valence-corrected chi connectivity index (χ4v) is 2.33. The first-order valence-corrected chi connectivity index (χ1v) is 7.50. The third-order valence-corrected chi connectivity index (χ3v) is 3.14. The maximum Gasteiger partial charge on any atom is 0.305 e. The Bertz CT molecular complexity index is 617. The average Bonchev–Trinajstić information content (AvgIpc) is 2.50. The Labute approximate surface area is 148 Å². The first-order chi connectivity index (χ1) is 12.1. The zero-order chi connectivity index (χ0) is 19.9. The van der Waals surface area contributed by atoms with Gasteiger partial charge in [0.1, 0.15) is 24.9 Å². The predicted molar refractivity (Wildman–Crippen MR) is 81.1 cm³/mol. The number of esters is 4. The fraction of sp³-hybridized carbons (Fsp3) is 0.714. The minimum absolute atomic E-state index is 0.380. The quantitative estimate of drug-likeness (QED) is 0.210. The lowest BCUT2D eigenvalue weighted by atomic mass is 9.96. The molecular weight excluding hydrogens is 354 g/mol. The maximum absolute atomic E-state index is 11.4. The molecule has 144 valence electrons. The first-order valence-electron chi connectivity index (χ1n) is 7.50. The molecule has 1 fully saturated rings. The number of hydrogen-bond donors (Lipinski definition) is 0. The van der Waals surface area contributed by atoms with Crippen molar-refractivity contribution in [3.63, 3.8) is 0 Å². The second-order valence-corrected chi connectivity index (χ2v) is 5.30. The van der Waals surface area contributed by atoms with Gasteiger partial charge in [0.05, 0.1) is 0 Å². The molecule has 1 rings (SSSR count). The number of azide groups is 1. The second-order valence-electron chi connectivity index (χ2n) is 5.30. The van der Waals surface area contributed by atoms with Gasteiger partial charge in [-0.3, -0.25) is 19.2 Å². The Balaban J connectivity index is 3.27. The predicted octanol–water partition coefficient (Wildman–Crippen LogP) is 0.380. The van der Waals surface area contributed by atoms with Gasteiger partial charge in [-0.1, -0.05) is 5.11 Å². The van der Waals surface area contributed by atoms with Gasteiger partial charge in [-0.25, -0.2) is 0 Å². The number of carbonyl (C=O) groups excluding carboxylic acids is 4. The number of ether oxygens (including phenoxy) is 5. The molecule has 0 spiro atoms. The van der Waals surface area contributed by atoms with E-state index in [0.717, 1.165) is 27.7 Å². The summed E-state index contributed by atoms with van der Waals surface area (Å²) < 4.78 is 25.5. The van der Waals surface area contributed by atoms with Gasteiger partial charge >= 0.3 is 23.9 Å². The summed E-state index contributed by atoms with van der Waals surface area (Å²) in [6, 6.07) is -1.29. The van der Waals surface area contributed by atoms with Crippen molar-refractivity contribution in [3.8, 4) is 0 Å². The van der Waals surface area contributed by atoms with Crippen LogP contribution in [0.1, 0.15) is 27.7 Å². The van der Waals surface area contributed by atoms with Crippen LogP contribution in [0.4, 0.5) is 0 Å². The van der Waals surface area contributed by atoms with Crippen LogP contribution in [0.5, 0.6) is 0 Å². The normalized spacial score (nSPS) is 27.5. The van der Waals surface area contributed by atoms with E-state index in [1.54, 1.807) is 0 Å². The van der Waals surface area contributed by atoms with Crippen molar-refractivity contribution in [2.24, 2.45) is 5.11 Å². The molecule has 0 aromatic heterocycles. The molecule has 0 saturated carbocycles. The highest BCUT2D eigenvalue weighted by Gasteiger charge is 2.51. The molecule has 0 bridgehead atoms. The Kier molecular flexibility index (Phi) is 7.81. The van der Waals surface area contributed by atoms with Crippen LogP contribution in [0.2, 0.25) is 0 Å². The van der Waals surface area contributed by atoms with Crippen LogP contribution in [0.25, 0.3) is 10.4 Å². The Morgan fingerprint density at radius 3 is 1.92 bits per heavy atom. The smallest absolute Gasteiger partial charge is 0.305 e. The van der Waals surface area contributed by atoms with Crippen molar-refractivity contribution < 1.29 is 42.9 Å². The van der Waals surface area contributed by atoms with Crippen LogP contribution in [0, 0.1) is 0 Å². The van der Waals surface area contributed by atoms with Gasteiger partial charge in [0.15, 0.2) is 6.10 Å². The Hall–Kier alpha value is -2.85. The molecule has 0 amide bonds. The van der Waals surface area contributed by atoms with Gasteiger partial charge in [0.2, 0.25) is 6.29 Å². The molecule has 1 aliphatic rings. The molecule has 0 aromatic carbocycles. The molecule has 1 heterocycles. The van der Waals surface area contributed by atoms with E-state index in [-0.39, 0.29) is 6.61 Å². The molecule has 1 aliphatic heterocycles. The van der Waals surface area contributed by atoms with Gasteiger partial charge in [-0.15, -0.1) is 0 Å². The van der Waals surface area contributed by atoms with Crippen molar-refractivity contribution in [2.45, 2.75) is 58.3 Å². The topological polar surface area (TPSA) is 163 Å². The van der Waals surface area contributed by atoms with E-state index in [1.165, 1.54) is 0 Å². The van der Waals surface area contributed by atoms with E-state index >= 15 is 0 Å². The second kappa shape index (κ2) is 9.59. The molecule has 0 radical (unpaired) electrons. The molecule has 1 unspecified atom stereocenters. The third kappa shape index (κ3) is 6.22. The zero-order valence-electron chi connectivity index (χ0n) is 14.6. The fourth-order valence-electron chi connectivity index (χ4n) is 2.33. The molecule has 12 heteroatoms. The van der Waals surface area contributed by atoms with E-state index in [1.807, 2.05) is 0 Å². The summed E-state index contributed by atoms with van der Waals surface area (Å²) >= 11 is 0. The van der Waals surface area contributed by atoms with Crippen LogP contribution in [-0.2, 0) is 42.9 Å². The van der Waals surface area contributed by atoms with Crippen molar-refractivity contribution in [1.82, 2.24) is 0 Å². The van der Waals surface area contributed by atoms with Gasteiger partial charge in [-0.2, -0.15) is 0 Å². The summed E-state index contributed by atoms with van der Waals surface area (Å²) in [6.07, 6.45) is -5.21. The minimum Gasteiger partial charge on any atom is -0.463 e. The molecule has 5 atom stereocenters. The first kappa shape index (κ1) is 21.2. The van der Waals surface area contributed by atoms with Gasteiger partial charge in [0, 0.05) is 32.6 Å². The molecule has 0 aromatic rings. The molecule has 0 aliphatic carbocycles. The third-order valence-electron chi connectivity index (χ3n) is 3.14. The molecule has 12 nitrogen and oxygen atoms in total. The Morgan fingerprint density at radius 2 is 1.46 bits per heavy atom. The van der Waals surface area contributed by atoms with Crippen LogP contribution in [-0.4, -0.2) is 61.1 Å². The van der Waals surface area contributed by atoms with E-state index in [0.29, 0.717) is 0 Å². The highest BCUT2D eigenvalue weighted by molar-refractivity contribution is 5.68. The summed E-state index contributed by atoms with van der Waals surface area (Å²) in [6.45, 7) is 4.06. The Morgan fingerprint density at radius 1 is 0.923 bits per heavy atom. The highest BCUT2D eigenvalue weighted by atomic mass is 16.7. The lowest BCUT2D eigenvalue weighted by Gasteiger charge is -2.42. The lowest BCUT2D eigenvalue weighted by molar-refractivity contribution is -0.275. The van der Waals surface area contributed by atoms with Crippen molar-refractivity contribution >= 4 is 23.9 Å². The van der Waals surface area contributed by atoms with Crippen LogP contribution in [0.15, 0.2) is 5.11 Å². The molecule has 1 saturated heterocycles. The standard InChI is InChI=1S/C14H19N3O9/c1-6(18)22-5-10-12(23-7(2)19)11(16-17-15)13(24-8(3)20)14(26-10)25-9(4)21/h10-14H,5H2,1-4H3/t10-,11+,12+,13-,14?/m1/s1. The molecule has 26 heavy (non-hydrogen) atoms. The lowest BCUT2D eigenvalue weighted by Crippen LogP contribution is -2.61. The number of rotatable bonds is 6. The summed E-state index contributed by atoms with van der Waals surface area (Å²) in [5.74, 6) is -2.91. The van der Waals surface area contributed by atoms with E-state index in [4.69, 9.17) is 29.2 Å². The van der Waals surface area contributed by atoms with E-state index in [2.05, 4.69) is 10.0 Å². The van der Waals surface area contributed by atoms with Crippen LogP contribution in [0.3, 0.4) is 0 Å².